The highest BCUT2D eigenvalue weighted by molar-refractivity contribution is 5.71. The van der Waals surface area contributed by atoms with Crippen LogP contribution in [0.3, 0.4) is 0 Å². The summed E-state index contributed by atoms with van der Waals surface area (Å²) in [5.74, 6) is 0. The summed E-state index contributed by atoms with van der Waals surface area (Å²) in [7, 11) is 0. The van der Waals surface area contributed by atoms with Crippen molar-refractivity contribution in [2.45, 2.75) is 12.8 Å². The molecule has 4 nitrogen and oxygen atoms in total. The lowest BCUT2D eigenvalue weighted by molar-refractivity contribution is -0.105. The van der Waals surface area contributed by atoms with Crippen LogP contribution in [0.4, 0.5) is 4.79 Å². The Morgan fingerprint density at radius 3 is 2.73 bits per heavy atom. The van der Waals surface area contributed by atoms with Gasteiger partial charge >= 0.3 is 6.09 Å². The van der Waals surface area contributed by atoms with Crippen LogP contribution in [-0.2, 0) is 9.53 Å². The number of amides is 1. The van der Waals surface area contributed by atoms with E-state index in [-0.39, 0.29) is 6.61 Å². The smallest absolute Gasteiger partial charge is 0.404 e. The van der Waals surface area contributed by atoms with E-state index in [2.05, 4.69) is 17.0 Å². The minimum Gasteiger partial charge on any atom is -0.450 e. The predicted octanol–water partition coefficient (Wildman–Crippen LogP) is 0.617. The fraction of sp³-hybridized carbons (Fsp3) is 0.429. The molecule has 1 amide bonds. The molecular weight excluding hydrogens is 146 g/mol. The summed E-state index contributed by atoms with van der Waals surface area (Å²) in [6.07, 6.45) is 1.02. The Labute approximate surface area is 65.0 Å². The summed E-state index contributed by atoms with van der Waals surface area (Å²) in [6.45, 7) is 3.69. The van der Waals surface area contributed by atoms with E-state index in [4.69, 9.17) is 0 Å². The average molecular weight is 157 g/mol. The molecule has 0 bridgehead atoms. The molecule has 0 saturated heterocycles. The number of ether oxygens (including phenoxy) is 1. The van der Waals surface area contributed by atoms with Crippen LogP contribution in [0.5, 0.6) is 0 Å². The fourth-order valence-electron chi connectivity index (χ4n) is 0.531. The molecule has 0 fully saturated rings. The zero-order valence-corrected chi connectivity index (χ0v) is 6.21. The van der Waals surface area contributed by atoms with Crippen molar-refractivity contribution in [2.75, 3.05) is 6.61 Å². The normalized spacial score (nSPS) is 8.73. The van der Waals surface area contributed by atoms with Crippen LogP contribution >= 0.6 is 0 Å². The minimum absolute atomic E-state index is 0.238. The molecule has 0 rings (SSSR count). The number of rotatable bonds is 5. The number of carbonyl (C=O) groups is 2. The fourth-order valence-corrected chi connectivity index (χ4v) is 0.531. The van der Waals surface area contributed by atoms with Crippen molar-refractivity contribution in [1.29, 1.82) is 0 Å². The van der Waals surface area contributed by atoms with Gasteiger partial charge in [-0.3, -0.25) is 4.79 Å². The molecule has 0 atom stereocenters. The molecule has 4 heteroatoms. The maximum Gasteiger partial charge on any atom is 0.404 e. The van der Waals surface area contributed by atoms with Gasteiger partial charge in [-0.2, -0.15) is 0 Å². The Morgan fingerprint density at radius 1 is 1.64 bits per heavy atom. The van der Waals surface area contributed by atoms with Crippen molar-refractivity contribution >= 4 is 12.4 Å². The molecule has 0 aliphatic heterocycles. The number of primary amides is 1. The molecule has 0 aliphatic carbocycles. The summed E-state index contributed by atoms with van der Waals surface area (Å²) < 4.78 is 4.42. The van der Waals surface area contributed by atoms with E-state index in [1.165, 1.54) is 0 Å². The molecule has 0 saturated carbocycles. The summed E-state index contributed by atoms with van der Waals surface area (Å²) in [6, 6.07) is 0. The zero-order chi connectivity index (χ0) is 8.69. The molecule has 2 N–H and O–H groups in total. The van der Waals surface area contributed by atoms with Gasteiger partial charge < -0.3 is 10.5 Å². The van der Waals surface area contributed by atoms with Crippen LogP contribution in [0.15, 0.2) is 12.2 Å². The summed E-state index contributed by atoms with van der Waals surface area (Å²) in [4.78, 5) is 20.0. The molecule has 11 heavy (non-hydrogen) atoms. The predicted molar refractivity (Wildman–Crippen MR) is 40.0 cm³/mol. The maximum atomic E-state index is 10.0. The first-order chi connectivity index (χ1) is 5.16. The maximum absolute atomic E-state index is 10.0. The van der Waals surface area contributed by atoms with Gasteiger partial charge in [-0.25, -0.2) is 4.79 Å². The van der Waals surface area contributed by atoms with Crippen LogP contribution in [0.2, 0.25) is 0 Å². The number of aldehydes is 1. The summed E-state index contributed by atoms with van der Waals surface area (Å²) in [5.41, 5.74) is 5.19. The molecule has 0 aromatic heterocycles. The highest BCUT2D eigenvalue weighted by Gasteiger charge is 1.94. The lowest BCUT2D eigenvalue weighted by atomic mass is 10.2. The molecular formula is C7H11NO3. The van der Waals surface area contributed by atoms with Gasteiger partial charge in [-0.15, -0.1) is 0 Å². The molecule has 0 heterocycles. The van der Waals surface area contributed by atoms with E-state index in [0.717, 1.165) is 0 Å². The van der Waals surface area contributed by atoms with Crippen LogP contribution in [0.1, 0.15) is 12.8 Å². The van der Waals surface area contributed by atoms with Gasteiger partial charge in [0.2, 0.25) is 0 Å². The van der Waals surface area contributed by atoms with E-state index in [1.54, 1.807) is 0 Å². The van der Waals surface area contributed by atoms with E-state index < -0.39 is 6.09 Å². The van der Waals surface area contributed by atoms with E-state index >= 15 is 0 Å². The van der Waals surface area contributed by atoms with Crippen molar-refractivity contribution < 1.29 is 14.3 Å². The first-order valence-corrected chi connectivity index (χ1v) is 3.22. The zero-order valence-electron chi connectivity index (χ0n) is 6.21. The van der Waals surface area contributed by atoms with E-state index in [1.807, 2.05) is 0 Å². The summed E-state index contributed by atoms with van der Waals surface area (Å²) >= 11 is 0. The van der Waals surface area contributed by atoms with Gasteiger partial charge in [-0.05, 0) is 18.4 Å². The lowest BCUT2D eigenvalue weighted by Crippen LogP contribution is -2.13. The van der Waals surface area contributed by atoms with Gasteiger partial charge in [-0.1, -0.05) is 6.58 Å². The Morgan fingerprint density at radius 2 is 2.27 bits per heavy atom. The molecule has 0 aromatic carbocycles. The number of carbonyl (C=O) groups excluding carboxylic acids is 2. The number of allylic oxidation sites excluding steroid dienone is 1. The Bertz CT molecular complexity index is 165. The molecule has 0 aromatic rings. The van der Waals surface area contributed by atoms with Crippen LogP contribution in [0, 0.1) is 0 Å². The number of hydrogen-bond donors (Lipinski definition) is 1. The first-order valence-electron chi connectivity index (χ1n) is 3.22. The topological polar surface area (TPSA) is 69.4 Å². The Hall–Kier alpha value is -1.32. The van der Waals surface area contributed by atoms with Crippen LogP contribution in [0.25, 0.3) is 0 Å². The third-order valence-corrected chi connectivity index (χ3v) is 1.05. The van der Waals surface area contributed by atoms with Gasteiger partial charge in [0, 0.05) is 0 Å². The number of hydrogen-bond acceptors (Lipinski definition) is 3. The second kappa shape index (κ2) is 5.46. The molecule has 0 unspecified atom stereocenters. The number of nitrogens with two attached hydrogens (primary N) is 1. The van der Waals surface area contributed by atoms with Crippen LogP contribution < -0.4 is 5.73 Å². The quantitative estimate of drug-likeness (QED) is 0.361. The lowest BCUT2D eigenvalue weighted by Gasteiger charge is -1.99. The third kappa shape index (κ3) is 6.57. The second-order valence-electron chi connectivity index (χ2n) is 2.05. The van der Waals surface area contributed by atoms with Crippen molar-refractivity contribution in [3.05, 3.63) is 12.2 Å². The van der Waals surface area contributed by atoms with E-state index in [9.17, 15) is 9.59 Å². The molecule has 0 aliphatic rings. The summed E-state index contributed by atoms with van der Waals surface area (Å²) in [5, 5.41) is 0. The van der Waals surface area contributed by atoms with Crippen molar-refractivity contribution in [3.63, 3.8) is 0 Å². The average Bonchev–Trinajstić information content (AvgIpc) is 1.97. The second-order valence-corrected chi connectivity index (χ2v) is 2.05. The van der Waals surface area contributed by atoms with Crippen molar-refractivity contribution in [2.24, 2.45) is 5.73 Å². The van der Waals surface area contributed by atoms with Gasteiger partial charge in [0.15, 0.2) is 0 Å². The monoisotopic (exact) mass is 157 g/mol. The first kappa shape index (κ1) is 9.68. The SMILES string of the molecule is C=C(C=O)CCCOC(N)=O. The Balaban J connectivity index is 3.21. The highest BCUT2D eigenvalue weighted by Crippen LogP contribution is 1.98. The highest BCUT2D eigenvalue weighted by atomic mass is 16.5. The van der Waals surface area contributed by atoms with E-state index in [0.29, 0.717) is 24.7 Å². The standard InChI is InChI=1S/C7H11NO3/c1-6(5-9)3-2-4-11-7(8)10/h5H,1-4H2,(H2,8,10). The Kier molecular flexibility index (Phi) is 4.81. The largest absolute Gasteiger partial charge is 0.450 e. The van der Waals surface area contributed by atoms with Crippen LogP contribution in [-0.4, -0.2) is 19.0 Å². The van der Waals surface area contributed by atoms with Crippen molar-refractivity contribution in [1.82, 2.24) is 0 Å². The third-order valence-electron chi connectivity index (χ3n) is 1.05. The molecule has 62 valence electrons. The van der Waals surface area contributed by atoms with Crippen molar-refractivity contribution in [3.8, 4) is 0 Å². The van der Waals surface area contributed by atoms with Gasteiger partial charge in [0.05, 0.1) is 6.61 Å². The minimum atomic E-state index is -0.790. The molecule has 0 spiro atoms. The van der Waals surface area contributed by atoms with Gasteiger partial charge in [0.25, 0.3) is 0 Å². The molecule has 0 radical (unpaired) electrons. The van der Waals surface area contributed by atoms with Gasteiger partial charge in [0.1, 0.15) is 6.29 Å².